The predicted octanol–water partition coefficient (Wildman–Crippen LogP) is 4.87. The van der Waals surface area contributed by atoms with Gasteiger partial charge in [-0.3, -0.25) is 4.57 Å². The molecule has 0 spiro atoms. The first-order valence-corrected chi connectivity index (χ1v) is 9.58. The minimum Gasteiger partial charge on any atom is -0.508 e. The third kappa shape index (κ3) is 3.49. The number of phenolic OH excluding ortho intramolecular Hbond substituents is 2. The minimum atomic E-state index is -0.0696. The van der Waals surface area contributed by atoms with Crippen LogP contribution in [0.2, 0.25) is 0 Å². The number of benzene rings is 3. The lowest BCUT2D eigenvalue weighted by atomic mass is 10.1. The van der Waals surface area contributed by atoms with Crippen molar-refractivity contribution in [3.63, 3.8) is 0 Å². The van der Waals surface area contributed by atoms with Crippen LogP contribution in [0.15, 0.2) is 85.1 Å². The van der Waals surface area contributed by atoms with Gasteiger partial charge in [0, 0.05) is 23.6 Å². The van der Waals surface area contributed by atoms with Gasteiger partial charge in [-0.05, 0) is 72.8 Å². The first-order chi connectivity index (χ1) is 15.1. The standard InChI is InChI=1S/C24H18N4O3/c25-15-3-8-18(9-4-15)31-19-10-5-16(6-11-19)28-23(20-12-7-17(29)14-22(20)30)27-21-2-1-13-26-24(21)28/h1-14,29-30H,25H2. The zero-order valence-electron chi connectivity index (χ0n) is 16.3. The highest BCUT2D eigenvalue weighted by Crippen LogP contribution is 2.35. The van der Waals surface area contributed by atoms with Gasteiger partial charge in [0.25, 0.3) is 0 Å². The Balaban J connectivity index is 1.58. The van der Waals surface area contributed by atoms with Gasteiger partial charge in [0.05, 0.1) is 5.56 Å². The highest BCUT2D eigenvalue weighted by atomic mass is 16.5. The van der Waals surface area contributed by atoms with Crippen LogP contribution in [0.5, 0.6) is 23.0 Å². The van der Waals surface area contributed by atoms with Crippen molar-refractivity contribution in [3.8, 4) is 40.1 Å². The van der Waals surface area contributed by atoms with E-state index in [1.54, 1.807) is 24.4 Å². The zero-order chi connectivity index (χ0) is 21.4. The molecule has 152 valence electrons. The normalized spacial score (nSPS) is 11.0. The zero-order valence-corrected chi connectivity index (χ0v) is 16.3. The van der Waals surface area contributed by atoms with Crippen molar-refractivity contribution in [2.45, 2.75) is 0 Å². The number of nitrogen functional groups attached to an aromatic ring is 1. The van der Waals surface area contributed by atoms with Gasteiger partial charge in [0.15, 0.2) is 11.5 Å². The quantitative estimate of drug-likeness (QED) is 0.365. The summed E-state index contributed by atoms with van der Waals surface area (Å²) in [6, 6.07) is 22.8. The molecule has 5 rings (SSSR count). The summed E-state index contributed by atoms with van der Waals surface area (Å²) in [5.74, 6) is 1.77. The van der Waals surface area contributed by atoms with Gasteiger partial charge < -0.3 is 20.7 Å². The van der Waals surface area contributed by atoms with Gasteiger partial charge in [-0.2, -0.15) is 0 Å². The third-order valence-electron chi connectivity index (χ3n) is 4.85. The van der Waals surface area contributed by atoms with Crippen molar-refractivity contribution >= 4 is 16.9 Å². The lowest BCUT2D eigenvalue weighted by Crippen LogP contribution is -1.99. The second-order valence-corrected chi connectivity index (χ2v) is 6.98. The molecular weight excluding hydrogens is 392 g/mol. The van der Waals surface area contributed by atoms with E-state index in [2.05, 4.69) is 9.97 Å². The number of nitrogens with two attached hydrogens (primary N) is 1. The van der Waals surface area contributed by atoms with E-state index in [1.165, 1.54) is 12.1 Å². The molecule has 0 saturated heterocycles. The van der Waals surface area contributed by atoms with Crippen molar-refractivity contribution in [2.75, 3.05) is 5.73 Å². The SMILES string of the molecule is Nc1ccc(Oc2ccc(-n3c(-c4ccc(O)cc4O)nc4cccnc43)cc2)cc1. The first kappa shape index (κ1) is 18.5. The largest absolute Gasteiger partial charge is 0.508 e. The number of anilines is 1. The van der Waals surface area contributed by atoms with Crippen LogP contribution in [0, 0.1) is 0 Å². The van der Waals surface area contributed by atoms with Gasteiger partial charge in [-0.1, -0.05) is 0 Å². The van der Waals surface area contributed by atoms with Crippen LogP contribution in [0.1, 0.15) is 0 Å². The van der Waals surface area contributed by atoms with Gasteiger partial charge in [0.2, 0.25) is 0 Å². The van der Waals surface area contributed by atoms with Crippen LogP contribution in [0.4, 0.5) is 5.69 Å². The van der Waals surface area contributed by atoms with Crippen LogP contribution >= 0.6 is 0 Å². The maximum Gasteiger partial charge on any atom is 0.164 e. The maximum atomic E-state index is 10.4. The van der Waals surface area contributed by atoms with Crippen molar-refractivity contribution in [3.05, 3.63) is 85.1 Å². The number of hydrogen-bond acceptors (Lipinski definition) is 6. The summed E-state index contributed by atoms with van der Waals surface area (Å²) in [5.41, 5.74) is 9.01. The number of pyridine rings is 1. The molecule has 5 aromatic rings. The Bertz CT molecular complexity index is 1380. The topological polar surface area (TPSA) is 106 Å². The van der Waals surface area contributed by atoms with Gasteiger partial charge in [0.1, 0.15) is 28.5 Å². The summed E-state index contributed by atoms with van der Waals surface area (Å²) >= 11 is 0. The number of imidazole rings is 1. The molecule has 31 heavy (non-hydrogen) atoms. The highest BCUT2D eigenvalue weighted by Gasteiger charge is 2.18. The number of nitrogens with zero attached hydrogens (tertiary/aromatic N) is 3. The smallest absolute Gasteiger partial charge is 0.164 e. The fraction of sp³-hybridized carbons (Fsp3) is 0. The van der Waals surface area contributed by atoms with E-state index in [9.17, 15) is 10.2 Å². The lowest BCUT2D eigenvalue weighted by molar-refractivity contribution is 0.451. The minimum absolute atomic E-state index is 0.0220. The number of phenols is 2. The van der Waals surface area contributed by atoms with Crippen molar-refractivity contribution < 1.29 is 14.9 Å². The number of rotatable bonds is 4. The molecule has 0 amide bonds. The second-order valence-electron chi connectivity index (χ2n) is 6.98. The third-order valence-corrected chi connectivity index (χ3v) is 4.85. The van der Waals surface area contributed by atoms with Crippen molar-refractivity contribution in [1.82, 2.24) is 14.5 Å². The molecule has 0 fully saturated rings. The fourth-order valence-corrected chi connectivity index (χ4v) is 3.38. The van der Waals surface area contributed by atoms with Gasteiger partial charge in [-0.15, -0.1) is 0 Å². The average molecular weight is 410 g/mol. The molecular formula is C24H18N4O3. The summed E-state index contributed by atoms with van der Waals surface area (Å²) < 4.78 is 7.73. The summed E-state index contributed by atoms with van der Waals surface area (Å²) in [6.07, 6.45) is 1.69. The molecule has 0 aliphatic rings. The maximum absolute atomic E-state index is 10.4. The van der Waals surface area contributed by atoms with Gasteiger partial charge in [-0.25, -0.2) is 9.97 Å². The molecule has 0 saturated carbocycles. The van der Waals surface area contributed by atoms with Crippen LogP contribution in [0.25, 0.3) is 28.2 Å². The Kier molecular flexibility index (Phi) is 4.41. The average Bonchev–Trinajstić information content (AvgIpc) is 3.15. The molecule has 0 bridgehead atoms. The Labute approximate surface area is 177 Å². The molecule has 2 heterocycles. The summed E-state index contributed by atoms with van der Waals surface area (Å²) in [6.45, 7) is 0. The van der Waals surface area contributed by atoms with Crippen molar-refractivity contribution in [1.29, 1.82) is 0 Å². The Morgan fingerprint density at radius 2 is 1.55 bits per heavy atom. The van der Waals surface area contributed by atoms with Crippen LogP contribution in [0.3, 0.4) is 0 Å². The van der Waals surface area contributed by atoms with Crippen LogP contribution in [-0.2, 0) is 0 Å². The molecule has 0 atom stereocenters. The molecule has 0 aliphatic heterocycles. The molecule has 2 aromatic heterocycles. The van der Waals surface area contributed by atoms with E-state index in [0.29, 0.717) is 39.7 Å². The van der Waals surface area contributed by atoms with E-state index in [4.69, 9.17) is 10.5 Å². The summed E-state index contributed by atoms with van der Waals surface area (Å²) in [5, 5.41) is 20.1. The van der Waals surface area contributed by atoms with E-state index < -0.39 is 0 Å². The molecule has 7 nitrogen and oxygen atoms in total. The van der Waals surface area contributed by atoms with Crippen molar-refractivity contribution in [2.24, 2.45) is 0 Å². The Morgan fingerprint density at radius 1 is 0.839 bits per heavy atom. The van der Waals surface area contributed by atoms with Gasteiger partial charge >= 0.3 is 0 Å². The van der Waals surface area contributed by atoms with E-state index >= 15 is 0 Å². The molecule has 0 aliphatic carbocycles. The highest BCUT2D eigenvalue weighted by molar-refractivity contribution is 5.81. The number of aromatic nitrogens is 3. The fourth-order valence-electron chi connectivity index (χ4n) is 3.38. The molecule has 7 heteroatoms. The number of fused-ring (bicyclic) bond motifs is 1. The lowest BCUT2D eigenvalue weighted by Gasteiger charge is -2.11. The number of ether oxygens (including phenoxy) is 1. The summed E-state index contributed by atoms with van der Waals surface area (Å²) in [7, 11) is 0. The molecule has 0 radical (unpaired) electrons. The first-order valence-electron chi connectivity index (χ1n) is 9.58. The number of aromatic hydroxyl groups is 2. The van der Waals surface area contributed by atoms with Crippen LogP contribution < -0.4 is 10.5 Å². The second kappa shape index (κ2) is 7.38. The Hall–Kier alpha value is -4.52. The molecule has 4 N–H and O–H groups in total. The van der Waals surface area contributed by atoms with Crippen LogP contribution in [-0.4, -0.2) is 24.7 Å². The Morgan fingerprint density at radius 3 is 2.26 bits per heavy atom. The molecule has 3 aromatic carbocycles. The summed E-state index contributed by atoms with van der Waals surface area (Å²) in [4.78, 5) is 9.14. The van der Waals surface area contributed by atoms with E-state index in [-0.39, 0.29) is 11.5 Å². The predicted molar refractivity (Wildman–Crippen MR) is 119 cm³/mol. The van der Waals surface area contributed by atoms with E-state index in [0.717, 1.165) is 5.69 Å². The number of hydrogen-bond donors (Lipinski definition) is 3. The molecule has 0 unspecified atom stereocenters. The van der Waals surface area contributed by atoms with E-state index in [1.807, 2.05) is 53.1 Å². The monoisotopic (exact) mass is 410 g/mol.